The molecule has 0 amide bonds. The number of nitrogens with zero attached hydrogens (tertiary/aromatic N) is 1. The molecule has 12 heavy (non-hydrogen) atoms. The molecule has 1 aromatic rings. The van der Waals surface area contributed by atoms with E-state index in [9.17, 15) is 0 Å². The first-order chi connectivity index (χ1) is 5.79. The maximum Gasteiger partial charge on any atom is 0.159 e. The van der Waals surface area contributed by atoms with Crippen molar-refractivity contribution in [2.45, 2.75) is 6.10 Å². The summed E-state index contributed by atoms with van der Waals surface area (Å²) >= 11 is 5.86. The van der Waals surface area contributed by atoms with Gasteiger partial charge >= 0.3 is 0 Å². The monoisotopic (exact) mass is 197 g/mol. The van der Waals surface area contributed by atoms with E-state index in [0.717, 1.165) is 5.56 Å². The van der Waals surface area contributed by atoms with Crippen LogP contribution in [0.3, 0.4) is 0 Å². The highest BCUT2D eigenvalue weighted by Gasteiger charge is 2.10. The molecule has 0 spiro atoms. The third-order valence-corrected chi connectivity index (χ3v) is 2.36. The van der Waals surface area contributed by atoms with E-state index >= 15 is 0 Å². The van der Waals surface area contributed by atoms with Crippen LogP contribution in [0.1, 0.15) is 11.7 Å². The minimum absolute atomic E-state index is 0.509. The molecule has 0 radical (unpaired) electrons. The Morgan fingerprint density at radius 2 is 2.17 bits per heavy atom. The van der Waals surface area contributed by atoms with Crippen LogP contribution < -0.4 is 0 Å². The number of rotatable bonds is 2. The van der Waals surface area contributed by atoms with Crippen LogP contribution in [0.25, 0.3) is 0 Å². The standard InChI is InChI=1S/C8H8ClNOSi/c9-7-4-2-1-3-6(7)8(5-10)11-12/h1-4,8H,12H3. The predicted octanol–water partition coefficient (Wildman–Crippen LogP) is 1.20. The fourth-order valence-corrected chi connectivity index (χ4v) is 1.53. The van der Waals surface area contributed by atoms with Crippen LogP contribution >= 0.6 is 11.6 Å². The quantitative estimate of drug-likeness (QED) is 0.668. The summed E-state index contributed by atoms with van der Waals surface area (Å²) in [6, 6.07) is 9.25. The molecule has 1 aromatic carbocycles. The molecule has 0 heterocycles. The highest BCUT2D eigenvalue weighted by Crippen LogP contribution is 2.23. The third-order valence-electron chi connectivity index (χ3n) is 1.54. The molecule has 0 N–H and O–H groups in total. The summed E-state index contributed by atoms with van der Waals surface area (Å²) in [7, 11) is 0.533. The molecule has 0 fully saturated rings. The van der Waals surface area contributed by atoms with Crippen LogP contribution in [0, 0.1) is 11.3 Å². The van der Waals surface area contributed by atoms with E-state index in [1.807, 2.05) is 18.2 Å². The Balaban J connectivity index is 3.02. The second-order valence-corrected chi connectivity index (χ2v) is 3.14. The van der Waals surface area contributed by atoms with Gasteiger partial charge in [-0.05, 0) is 6.07 Å². The zero-order valence-electron chi connectivity index (χ0n) is 6.62. The van der Waals surface area contributed by atoms with Gasteiger partial charge in [-0.15, -0.1) is 0 Å². The average Bonchev–Trinajstić information content (AvgIpc) is 2.10. The maximum atomic E-state index is 8.69. The van der Waals surface area contributed by atoms with Crippen molar-refractivity contribution in [2.75, 3.05) is 0 Å². The summed E-state index contributed by atoms with van der Waals surface area (Å²) in [5.41, 5.74) is 0.747. The van der Waals surface area contributed by atoms with Crippen molar-refractivity contribution < 1.29 is 4.43 Å². The van der Waals surface area contributed by atoms with Gasteiger partial charge in [0.05, 0.1) is 6.07 Å². The smallest absolute Gasteiger partial charge is 0.159 e. The Hall–Kier alpha value is -0.823. The van der Waals surface area contributed by atoms with E-state index in [-0.39, 0.29) is 0 Å². The first-order valence-electron chi connectivity index (χ1n) is 3.46. The Labute approximate surface area is 79.3 Å². The summed E-state index contributed by atoms with van der Waals surface area (Å²) in [4.78, 5) is 0. The first kappa shape index (κ1) is 9.27. The highest BCUT2D eigenvalue weighted by molar-refractivity contribution is 6.31. The summed E-state index contributed by atoms with van der Waals surface area (Å²) in [6.07, 6.45) is -0.509. The molecule has 1 atom stereocenters. The van der Waals surface area contributed by atoms with Crippen molar-refractivity contribution in [3.05, 3.63) is 34.9 Å². The molecule has 2 nitrogen and oxygen atoms in total. The summed E-state index contributed by atoms with van der Waals surface area (Å²) in [5, 5.41) is 9.28. The molecule has 1 rings (SSSR count). The first-order valence-corrected chi connectivity index (χ1v) is 4.66. The maximum absolute atomic E-state index is 8.69. The molecule has 4 heteroatoms. The molecule has 0 aliphatic rings. The van der Waals surface area contributed by atoms with E-state index in [1.165, 1.54) is 0 Å². The van der Waals surface area contributed by atoms with Crippen molar-refractivity contribution in [1.29, 1.82) is 5.26 Å². The molecule has 62 valence electrons. The summed E-state index contributed by atoms with van der Waals surface area (Å²) < 4.78 is 5.06. The number of halogens is 1. The lowest BCUT2D eigenvalue weighted by Gasteiger charge is -2.08. The number of nitriles is 1. The van der Waals surface area contributed by atoms with Gasteiger partial charge < -0.3 is 4.43 Å². The fourth-order valence-electron chi connectivity index (χ4n) is 0.937. The minimum Gasteiger partial charge on any atom is -0.409 e. The number of benzene rings is 1. The number of hydrogen-bond acceptors (Lipinski definition) is 2. The highest BCUT2D eigenvalue weighted by atomic mass is 35.5. The lowest BCUT2D eigenvalue weighted by molar-refractivity contribution is 0.290. The molecule has 0 saturated carbocycles. The van der Waals surface area contributed by atoms with E-state index in [2.05, 4.69) is 0 Å². The van der Waals surface area contributed by atoms with Gasteiger partial charge in [0.1, 0.15) is 10.5 Å². The van der Waals surface area contributed by atoms with Crippen LogP contribution in [-0.2, 0) is 4.43 Å². The Morgan fingerprint density at radius 1 is 1.50 bits per heavy atom. The Bertz CT molecular complexity index is 310. The van der Waals surface area contributed by atoms with E-state index in [0.29, 0.717) is 15.5 Å². The van der Waals surface area contributed by atoms with Crippen LogP contribution in [-0.4, -0.2) is 10.5 Å². The van der Waals surface area contributed by atoms with Gasteiger partial charge in [-0.1, -0.05) is 29.8 Å². The second-order valence-electron chi connectivity index (χ2n) is 2.27. The Morgan fingerprint density at radius 3 is 2.67 bits per heavy atom. The molecule has 0 saturated heterocycles. The SMILES string of the molecule is N#CC(O[SiH3])c1ccccc1Cl. The van der Waals surface area contributed by atoms with Gasteiger partial charge in [0.2, 0.25) is 0 Å². The van der Waals surface area contributed by atoms with Gasteiger partial charge in [-0.25, -0.2) is 0 Å². The van der Waals surface area contributed by atoms with Crippen LogP contribution in [0.4, 0.5) is 0 Å². The summed E-state index contributed by atoms with van der Waals surface area (Å²) in [5.74, 6) is 0. The summed E-state index contributed by atoms with van der Waals surface area (Å²) in [6.45, 7) is 0. The van der Waals surface area contributed by atoms with Gasteiger partial charge in [-0.3, -0.25) is 0 Å². The third kappa shape index (κ3) is 1.86. The van der Waals surface area contributed by atoms with E-state index < -0.39 is 6.10 Å². The molecule has 0 aromatic heterocycles. The topological polar surface area (TPSA) is 33.0 Å². The zero-order valence-corrected chi connectivity index (χ0v) is 9.38. The Kier molecular flexibility index (Phi) is 3.29. The van der Waals surface area contributed by atoms with Crippen molar-refractivity contribution in [3.8, 4) is 6.07 Å². The molecule has 0 bridgehead atoms. The van der Waals surface area contributed by atoms with Gasteiger partial charge in [0.15, 0.2) is 6.10 Å². The molecule has 1 unspecified atom stereocenters. The molecular weight excluding hydrogens is 190 g/mol. The molecular formula is C8H8ClNOSi. The lowest BCUT2D eigenvalue weighted by Crippen LogP contribution is -1.99. The van der Waals surface area contributed by atoms with Crippen molar-refractivity contribution in [3.63, 3.8) is 0 Å². The van der Waals surface area contributed by atoms with Crippen LogP contribution in [0.2, 0.25) is 5.02 Å². The zero-order chi connectivity index (χ0) is 8.97. The van der Waals surface area contributed by atoms with E-state index in [1.54, 1.807) is 12.1 Å². The molecule has 0 aliphatic heterocycles. The van der Waals surface area contributed by atoms with Gasteiger partial charge in [0, 0.05) is 10.6 Å². The second kappa shape index (κ2) is 4.26. The van der Waals surface area contributed by atoms with Crippen molar-refractivity contribution in [1.82, 2.24) is 0 Å². The normalized spacial score (nSPS) is 12.3. The molecule has 0 aliphatic carbocycles. The fraction of sp³-hybridized carbons (Fsp3) is 0.125. The van der Waals surface area contributed by atoms with Crippen molar-refractivity contribution >= 4 is 22.1 Å². The minimum atomic E-state index is -0.509. The van der Waals surface area contributed by atoms with E-state index in [4.69, 9.17) is 21.3 Å². The number of hydrogen-bond donors (Lipinski definition) is 0. The largest absolute Gasteiger partial charge is 0.409 e. The van der Waals surface area contributed by atoms with Gasteiger partial charge in [0.25, 0.3) is 0 Å². The lowest BCUT2D eigenvalue weighted by atomic mass is 10.1. The van der Waals surface area contributed by atoms with Crippen LogP contribution in [0.15, 0.2) is 24.3 Å². The van der Waals surface area contributed by atoms with Gasteiger partial charge in [-0.2, -0.15) is 5.26 Å². The van der Waals surface area contributed by atoms with Crippen molar-refractivity contribution in [2.24, 2.45) is 0 Å². The average molecular weight is 198 g/mol. The predicted molar refractivity (Wildman–Crippen MR) is 50.8 cm³/mol. The van der Waals surface area contributed by atoms with Crippen LogP contribution in [0.5, 0.6) is 0 Å².